The zero-order chi connectivity index (χ0) is 21.2. The molecule has 0 aliphatic carbocycles. The number of carbonyl (C=O) groups excluding carboxylic acids is 2. The maximum atomic E-state index is 13.0. The number of hydrogen-bond donors (Lipinski definition) is 0. The number of rotatable bonds is 7. The molecule has 156 valence electrons. The van der Waals surface area contributed by atoms with E-state index in [0.717, 1.165) is 11.1 Å². The van der Waals surface area contributed by atoms with E-state index in [0.29, 0.717) is 16.6 Å². The first-order valence-corrected chi connectivity index (χ1v) is 12.5. The SMILES string of the molecule is CCOC(=O)N1C(=O)C(O[Si](C(C)C)(C(C)C)C(C)C)C1c1ccc(C)cc1. The molecule has 28 heavy (non-hydrogen) atoms. The molecule has 1 heterocycles. The van der Waals surface area contributed by atoms with E-state index in [9.17, 15) is 9.59 Å². The normalized spacial score (nSPS) is 20.1. The number of imide groups is 1. The number of likely N-dealkylation sites (tertiary alicyclic amines) is 1. The van der Waals surface area contributed by atoms with Gasteiger partial charge in [0.1, 0.15) is 6.04 Å². The van der Waals surface area contributed by atoms with Crippen molar-refractivity contribution in [1.29, 1.82) is 0 Å². The van der Waals surface area contributed by atoms with Crippen molar-refractivity contribution in [2.45, 2.75) is 84.2 Å². The highest BCUT2D eigenvalue weighted by Gasteiger charge is 2.58. The van der Waals surface area contributed by atoms with Crippen molar-refractivity contribution < 1.29 is 18.8 Å². The Labute approximate surface area is 170 Å². The maximum absolute atomic E-state index is 13.0. The summed E-state index contributed by atoms with van der Waals surface area (Å²) in [6, 6.07) is 7.50. The van der Waals surface area contributed by atoms with E-state index >= 15 is 0 Å². The van der Waals surface area contributed by atoms with Crippen molar-refractivity contribution in [1.82, 2.24) is 4.90 Å². The summed E-state index contributed by atoms with van der Waals surface area (Å²) in [5.41, 5.74) is 3.11. The third-order valence-electron chi connectivity index (χ3n) is 5.97. The highest BCUT2D eigenvalue weighted by atomic mass is 28.4. The van der Waals surface area contributed by atoms with Crippen molar-refractivity contribution in [2.24, 2.45) is 0 Å². The fourth-order valence-corrected chi connectivity index (χ4v) is 10.2. The lowest BCUT2D eigenvalue weighted by atomic mass is 9.91. The summed E-state index contributed by atoms with van der Waals surface area (Å²) in [5, 5.41) is 0. The first-order valence-electron chi connectivity index (χ1n) is 10.3. The Kier molecular flexibility index (Phi) is 7.10. The highest BCUT2D eigenvalue weighted by molar-refractivity contribution is 6.77. The summed E-state index contributed by atoms with van der Waals surface area (Å²) in [4.78, 5) is 26.7. The molecule has 1 aromatic rings. The van der Waals surface area contributed by atoms with Crippen LogP contribution in [-0.2, 0) is 14.0 Å². The quantitative estimate of drug-likeness (QED) is 0.438. The number of hydrogen-bond acceptors (Lipinski definition) is 4. The van der Waals surface area contributed by atoms with E-state index in [4.69, 9.17) is 9.16 Å². The highest BCUT2D eigenvalue weighted by Crippen LogP contribution is 2.47. The van der Waals surface area contributed by atoms with Gasteiger partial charge in [0.2, 0.25) is 8.32 Å². The lowest BCUT2D eigenvalue weighted by molar-refractivity contribution is -0.161. The van der Waals surface area contributed by atoms with Gasteiger partial charge in [-0.15, -0.1) is 0 Å². The van der Waals surface area contributed by atoms with E-state index in [1.807, 2.05) is 31.2 Å². The van der Waals surface area contributed by atoms with Crippen LogP contribution in [0.1, 0.15) is 65.6 Å². The number of benzene rings is 1. The van der Waals surface area contributed by atoms with Gasteiger partial charge in [-0.05, 0) is 36.0 Å². The molecule has 0 N–H and O–H groups in total. The molecule has 1 aliphatic heterocycles. The van der Waals surface area contributed by atoms with Crippen molar-refractivity contribution in [3.05, 3.63) is 35.4 Å². The second-order valence-corrected chi connectivity index (χ2v) is 14.0. The number of carbonyl (C=O) groups is 2. The minimum atomic E-state index is -2.27. The Morgan fingerprint density at radius 1 is 1.04 bits per heavy atom. The molecule has 5 nitrogen and oxygen atoms in total. The van der Waals surface area contributed by atoms with Crippen LogP contribution in [0.3, 0.4) is 0 Å². The third-order valence-corrected chi connectivity index (χ3v) is 12.0. The van der Waals surface area contributed by atoms with Crippen LogP contribution in [-0.4, -0.2) is 37.9 Å². The monoisotopic (exact) mass is 405 g/mol. The first kappa shape index (κ1) is 22.6. The number of nitrogens with zero attached hydrogens (tertiary/aromatic N) is 1. The molecule has 0 bridgehead atoms. The van der Waals surface area contributed by atoms with Crippen molar-refractivity contribution >= 4 is 20.3 Å². The van der Waals surface area contributed by atoms with Crippen LogP contribution in [0.4, 0.5) is 4.79 Å². The third kappa shape index (κ3) is 3.89. The Bertz CT molecular complexity index is 677. The van der Waals surface area contributed by atoms with E-state index in [1.54, 1.807) is 6.92 Å². The molecule has 2 atom stereocenters. The zero-order valence-electron chi connectivity index (χ0n) is 18.5. The smallest absolute Gasteiger partial charge is 0.417 e. The van der Waals surface area contributed by atoms with E-state index < -0.39 is 26.6 Å². The van der Waals surface area contributed by atoms with E-state index in [1.165, 1.54) is 4.90 Å². The van der Waals surface area contributed by atoms with Gasteiger partial charge in [0.15, 0.2) is 6.10 Å². The molecule has 0 aromatic heterocycles. The molecule has 2 rings (SSSR count). The summed E-state index contributed by atoms with van der Waals surface area (Å²) in [5.74, 6) is -0.289. The lowest BCUT2D eigenvalue weighted by Gasteiger charge is -2.51. The van der Waals surface area contributed by atoms with Gasteiger partial charge >= 0.3 is 6.09 Å². The molecule has 0 saturated carbocycles. The summed E-state index contributed by atoms with van der Waals surface area (Å²) in [6.07, 6.45) is -1.23. The van der Waals surface area contributed by atoms with Gasteiger partial charge in [0.25, 0.3) is 5.91 Å². The standard InChI is InChI=1S/C22H35NO4Si/c1-9-26-22(25)23-19(18-12-10-17(8)11-13-18)20(21(23)24)27-28(14(2)3,15(4)5)16(6)7/h10-16,19-20H,9H2,1-8H3. The molecular formula is C22H35NO4Si. The van der Waals surface area contributed by atoms with Crippen LogP contribution < -0.4 is 0 Å². The predicted octanol–water partition coefficient (Wildman–Crippen LogP) is 5.60. The molecule has 1 aromatic carbocycles. The first-order chi connectivity index (χ1) is 13.1. The van der Waals surface area contributed by atoms with Gasteiger partial charge in [0, 0.05) is 0 Å². The second kappa shape index (κ2) is 8.78. The number of ether oxygens (including phenoxy) is 1. The van der Waals surface area contributed by atoms with Crippen molar-refractivity contribution in [3.8, 4) is 0 Å². The Balaban J connectivity index is 2.44. The average Bonchev–Trinajstić information content (AvgIpc) is 2.60. The fraction of sp³-hybridized carbons (Fsp3) is 0.636. The zero-order valence-corrected chi connectivity index (χ0v) is 19.5. The van der Waals surface area contributed by atoms with Gasteiger partial charge in [-0.1, -0.05) is 71.4 Å². The molecular weight excluding hydrogens is 370 g/mol. The van der Waals surface area contributed by atoms with Crippen LogP contribution in [0.15, 0.2) is 24.3 Å². The van der Waals surface area contributed by atoms with Gasteiger partial charge in [0.05, 0.1) is 6.61 Å². The minimum absolute atomic E-state index is 0.234. The Morgan fingerprint density at radius 3 is 1.96 bits per heavy atom. The van der Waals surface area contributed by atoms with Gasteiger partial charge in [-0.2, -0.15) is 0 Å². The summed E-state index contributed by atoms with van der Waals surface area (Å²) in [7, 11) is -2.27. The average molecular weight is 406 g/mol. The van der Waals surface area contributed by atoms with Crippen LogP contribution in [0.5, 0.6) is 0 Å². The maximum Gasteiger partial charge on any atom is 0.417 e. The summed E-state index contributed by atoms with van der Waals surface area (Å²) < 4.78 is 11.9. The topological polar surface area (TPSA) is 55.8 Å². The molecule has 6 heteroatoms. The Morgan fingerprint density at radius 2 is 1.54 bits per heavy atom. The summed E-state index contributed by atoms with van der Waals surface area (Å²) >= 11 is 0. The van der Waals surface area contributed by atoms with E-state index in [2.05, 4.69) is 41.5 Å². The summed E-state index contributed by atoms with van der Waals surface area (Å²) in [6.45, 7) is 17.2. The number of aryl methyl sites for hydroxylation is 1. The number of amides is 2. The Hall–Kier alpha value is -1.66. The van der Waals surface area contributed by atoms with Crippen LogP contribution in [0, 0.1) is 6.92 Å². The second-order valence-electron chi connectivity index (χ2n) is 8.62. The fourth-order valence-electron chi connectivity index (χ4n) is 4.69. The molecule has 2 unspecified atom stereocenters. The van der Waals surface area contributed by atoms with Crippen molar-refractivity contribution in [3.63, 3.8) is 0 Å². The molecule has 1 fully saturated rings. The minimum Gasteiger partial charge on any atom is -0.449 e. The molecule has 0 radical (unpaired) electrons. The largest absolute Gasteiger partial charge is 0.449 e. The van der Waals surface area contributed by atoms with E-state index in [-0.39, 0.29) is 12.5 Å². The molecule has 1 saturated heterocycles. The molecule has 1 aliphatic rings. The van der Waals surface area contributed by atoms with Crippen LogP contribution in [0.25, 0.3) is 0 Å². The number of β-lactam (4-membered cyclic amide) rings is 1. The van der Waals surface area contributed by atoms with Gasteiger partial charge < -0.3 is 9.16 Å². The van der Waals surface area contributed by atoms with Crippen LogP contribution in [0.2, 0.25) is 16.6 Å². The van der Waals surface area contributed by atoms with Gasteiger partial charge in [-0.25, -0.2) is 9.69 Å². The predicted molar refractivity (Wildman–Crippen MR) is 114 cm³/mol. The molecule has 0 spiro atoms. The molecule has 2 amide bonds. The lowest BCUT2D eigenvalue weighted by Crippen LogP contribution is -2.66. The van der Waals surface area contributed by atoms with Gasteiger partial charge in [-0.3, -0.25) is 4.79 Å². The van der Waals surface area contributed by atoms with Crippen LogP contribution >= 0.6 is 0 Å². The van der Waals surface area contributed by atoms with Crippen molar-refractivity contribution in [2.75, 3.05) is 6.61 Å².